The highest BCUT2D eigenvalue weighted by Crippen LogP contribution is 2.21. The number of ether oxygens (including phenoxy) is 4. The van der Waals surface area contributed by atoms with E-state index in [9.17, 15) is 4.79 Å². The van der Waals surface area contributed by atoms with E-state index in [1.165, 1.54) is 0 Å². The lowest BCUT2D eigenvalue weighted by molar-refractivity contribution is -0.155. The summed E-state index contributed by atoms with van der Waals surface area (Å²) in [5.41, 5.74) is 3.29. The van der Waals surface area contributed by atoms with E-state index in [0.717, 1.165) is 22.4 Å². The van der Waals surface area contributed by atoms with Crippen LogP contribution in [0.5, 0.6) is 5.75 Å². The molecule has 0 radical (unpaired) electrons. The molecule has 0 N–H and O–H groups in total. The first-order valence-corrected chi connectivity index (χ1v) is 12.8. The molecule has 0 saturated heterocycles. The second-order valence-corrected chi connectivity index (χ2v) is 9.46. The summed E-state index contributed by atoms with van der Waals surface area (Å²) in [6.45, 7) is 9.40. The van der Waals surface area contributed by atoms with Crippen LogP contribution in [0.3, 0.4) is 0 Å². The Bertz CT molecular complexity index is 951. The molecule has 0 aromatic heterocycles. The Balaban J connectivity index is 2.16. The third-order valence-electron chi connectivity index (χ3n) is 5.89. The minimum absolute atomic E-state index is 0.0687. The summed E-state index contributed by atoms with van der Waals surface area (Å²) in [4.78, 5) is 14.5. The number of rotatable bonds is 17. The number of nitrogens with zero attached hydrogens (tertiary/aromatic N) is 1. The van der Waals surface area contributed by atoms with Gasteiger partial charge in [-0.15, -0.1) is 6.58 Å². The van der Waals surface area contributed by atoms with Crippen molar-refractivity contribution in [3.63, 3.8) is 0 Å². The molecular weight excluding hydrogens is 466 g/mol. The van der Waals surface area contributed by atoms with E-state index >= 15 is 0 Å². The zero-order valence-electron chi connectivity index (χ0n) is 23.0. The molecule has 2 rings (SSSR count). The Morgan fingerprint density at radius 1 is 0.946 bits per heavy atom. The van der Waals surface area contributed by atoms with Crippen LogP contribution < -0.4 is 4.74 Å². The molecule has 1 amide bonds. The molecule has 6 heteroatoms. The van der Waals surface area contributed by atoms with E-state index in [1.54, 1.807) is 26.1 Å². The van der Waals surface area contributed by atoms with Crippen LogP contribution in [0.15, 0.2) is 78.9 Å². The average molecular weight is 510 g/mol. The minimum atomic E-state index is -0.604. The minimum Gasteiger partial charge on any atom is -0.497 e. The van der Waals surface area contributed by atoms with Crippen LogP contribution in [0.4, 0.5) is 0 Å². The van der Waals surface area contributed by atoms with Gasteiger partial charge in [0.2, 0.25) is 0 Å². The smallest absolute Gasteiger partial charge is 0.251 e. The number of hydrogen-bond donors (Lipinski definition) is 0. The summed E-state index contributed by atoms with van der Waals surface area (Å²) in [5.74, 6) is 0.729. The molecule has 0 saturated carbocycles. The van der Waals surface area contributed by atoms with Crippen molar-refractivity contribution in [1.82, 2.24) is 4.90 Å². The summed E-state index contributed by atoms with van der Waals surface area (Å²) in [7, 11) is 5.15. The van der Waals surface area contributed by atoms with Gasteiger partial charge < -0.3 is 23.8 Å². The molecule has 0 aliphatic carbocycles. The monoisotopic (exact) mass is 509 g/mol. The lowest BCUT2D eigenvalue weighted by Gasteiger charge is -2.31. The molecule has 0 heterocycles. The second-order valence-electron chi connectivity index (χ2n) is 9.46. The van der Waals surface area contributed by atoms with Crippen LogP contribution in [0.1, 0.15) is 44.2 Å². The molecule has 0 unspecified atom stereocenters. The van der Waals surface area contributed by atoms with Crippen molar-refractivity contribution in [3.05, 3.63) is 90.0 Å². The first kappa shape index (κ1) is 30.3. The lowest BCUT2D eigenvalue weighted by Crippen LogP contribution is -2.42. The van der Waals surface area contributed by atoms with Gasteiger partial charge in [0.25, 0.3) is 5.91 Å². The quantitative estimate of drug-likeness (QED) is 0.194. The van der Waals surface area contributed by atoms with Gasteiger partial charge in [-0.25, -0.2) is 0 Å². The number of allylic oxidation sites excluding steroid dienone is 1. The predicted octanol–water partition coefficient (Wildman–Crippen LogP) is 5.96. The van der Waals surface area contributed by atoms with Crippen LogP contribution in [-0.4, -0.2) is 56.9 Å². The molecule has 2 aromatic rings. The van der Waals surface area contributed by atoms with E-state index in [1.807, 2.05) is 80.6 Å². The number of carbonyl (C=O) groups excluding carboxylic acids is 1. The van der Waals surface area contributed by atoms with Gasteiger partial charge in [-0.3, -0.25) is 4.79 Å². The first-order valence-electron chi connectivity index (χ1n) is 12.8. The molecule has 2 aromatic carbocycles. The highest BCUT2D eigenvalue weighted by atomic mass is 16.6. The van der Waals surface area contributed by atoms with Crippen LogP contribution in [0, 0.1) is 0 Å². The van der Waals surface area contributed by atoms with Gasteiger partial charge in [-0.05, 0) is 49.9 Å². The van der Waals surface area contributed by atoms with Crippen molar-refractivity contribution >= 4 is 5.91 Å². The Morgan fingerprint density at radius 3 is 2.22 bits per heavy atom. The number of likely N-dealkylation sites (N-methyl/N-ethyl adjacent to an activating group) is 1. The standard InChI is InChI=1S/C31H43NO5/c1-7-11-29(37-30(19-14-24(2)3)31(33)32(4)5)28(20-21-35-22-25-12-9-8-10-13-25)36-23-26-15-17-27(34-6)18-16-26/h7-10,12-18,28-30H,1,11,19-23H2,2-6H3/t28-,29-,30-/m1/s1. The highest BCUT2D eigenvalue weighted by molar-refractivity contribution is 5.80. The summed E-state index contributed by atoms with van der Waals surface area (Å²) in [6, 6.07) is 17.9. The summed E-state index contributed by atoms with van der Waals surface area (Å²) in [6.07, 6.45) is 4.28. The fourth-order valence-electron chi connectivity index (χ4n) is 3.78. The average Bonchev–Trinajstić information content (AvgIpc) is 2.90. The Morgan fingerprint density at radius 2 is 1.62 bits per heavy atom. The molecular formula is C31H43NO5. The number of benzene rings is 2. The van der Waals surface area contributed by atoms with Crippen LogP contribution in [0.2, 0.25) is 0 Å². The number of amides is 1. The normalized spacial score (nSPS) is 13.3. The van der Waals surface area contributed by atoms with Gasteiger partial charge in [0.15, 0.2) is 0 Å². The Kier molecular flexibility index (Phi) is 13.7. The Hall–Kier alpha value is -2.93. The zero-order valence-corrected chi connectivity index (χ0v) is 23.0. The van der Waals surface area contributed by atoms with Crippen molar-refractivity contribution in [3.8, 4) is 5.75 Å². The number of carbonyl (C=O) groups is 1. The fourth-order valence-corrected chi connectivity index (χ4v) is 3.78. The molecule has 37 heavy (non-hydrogen) atoms. The van der Waals surface area contributed by atoms with Crippen molar-refractivity contribution in [2.24, 2.45) is 0 Å². The second kappa shape index (κ2) is 16.7. The number of hydrogen-bond acceptors (Lipinski definition) is 5. The van der Waals surface area contributed by atoms with Crippen LogP contribution >= 0.6 is 0 Å². The van der Waals surface area contributed by atoms with E-state index in [0.29, 0.717) is 39.1 Å². The maximum atomic E-state index is 12.9. The fraction of sp³-hybridized carbons (Fsp3) is 0.452. The molecule has 0 bridgehead atoms. The summed E-state index contributed by atoms with van der Waals surface area (Å²) < 4.78 is 24.1. The van der Waals surface area contributed by atoms with E-state index in [-0.39, 0.29) is 18.1 Å². The van der Waals surface area contributed by atoms with Crippen molar-refractivity contribution in [2.45, 2.75) is 64.6 Å². The van der Waals surface area contributed by atoms with Crippen molar-refractivity contribution in [2.75, 3.05) is 27.8 Å². The third kappa shape index (κ3) is 11.3. The topological polar surface area (TPSA) is 57.2 Å². The first-order chi connectivity index (χ1) is 17.8. The zero-order chi connectivity index (χ0) is 27.0. The van der Waals surface area contributed by atoms with Gasteiger partial charge >= 0.3 is 0 Å². The molecule has 6 nitrogen and oxygen atoms in total. The third-order valence-corrected chi connectivity index (χ3v) is 5.89. The van der Waals surface area contributed by atoms with Gasteiger partial charge in [0.05, 0.1) is 32.5 Å². The highest BCUT2D eigenvalue weighted by Gasteiger charge is 2.29. The van der Waals surface area contributed by atoms with E-state index in [2.05, 4.69) is 6.58 Å². The maximum absolute atomic E-state index is 12.9. The van der Waals surface area contributed by atoms with Crippen LogP contribution in [-0.2, 0) is 32.2 Å². The van der Waals surface area contributed by atoms with E-state index < -0.39 is 6.10 Å². The molecule has 0 spiro atoms. The predicted molar refractivity (Wildman–Crippen MR) is 149 cm³/mol. The molecule has 0 aliphatic rings. The van der Waals surface area contributed by atoms with Crippen molar-refractivity contribution < 1.29 is 23.7 Å². The van der Waals surface area contributed by atoms with Gasteiger partial charge in [0.1, 0.15) is 11.9 Å². The summed E-state index contributed by atoms with van der Waals surface area (Å²) in [5, 5.41) is 0. The lowest BCUT2D eigenvalue weighted by atomic mass is 10.1. The van der Waals surface area contributed by atoms with Gasteiger partial charge in [-0.2, -0.15) is 0 Å². The van der Waals surface area contributed by atoms with Gasteiger partial charge in [0, 0.05) is 27.1 Å². The largest absolute Gasteiger partial charge is 0.497 e. The molecule has 0 aliphatic heterocycles. The van der Waals surface area contributed by atoms with Crippen LogP contribution in [0.25, 0.3) is 0 Å². The van der Waals surface area contributed by atoms with E-state index in [4.69, 9.17) is 18.9 Å². The summed E-state index contributed by atoms with van der Waals surface area (Å²) >= 11 is 0. The molecule has 202 valence electrons. The Labute approximate surface area is 222 Å². The van der Waals surface area contributed by atoms with Crippen molar-refractivity contribution in [1.29, 1.82) is 0 Å². The molecule has 0 fully saturated rings. The molecule has 3 atom stereocenters. The number of methoxy groups -OCH3 is 1. The SMILES string of the molecule is C=CC[C@@H](O[C@H](CC=C(C)C)C(=O)N(C)C)[C@@H](CCOCc1ccccc1)OCc1ccc(OC)cc1. The van der Waals surface area contributed by atoms with Gasteiger partial charge in [-0.1, -0.05) is 60.2 Å². The maximum Gasteiger partial charge on any atom is 0.251 e.